The lowest BCUT2D eigenvalue weighted by molar-refractivity contribution is 0.0601. The van der Waals surface area contributed by atoms with E-state index < -0.39 is 0 Å². The van der Waals surface area contributed by atoms with Crippen LogP contribution in [-0.4, -0.2) is 30.2 Å². The summed E-state index contributed by atoms with van der Waals surface area (Å²) in [5, 5.41) is 30.3. The average Bonchev–Trinajstić information content (AvgIpc) is 2.58. The molecule has 1 heterocycles. The zero-order chi connectivity index (χ0) is 12.3. The van der Waals surface area contributed by atoms with Gasteiger partial charge in [-0.25, -0.2) is 5.01 Å². The van der Waals surface area contributed by atoms with Gasteiger partial charge in [-0.2, -0.15) is 15.8 Å². The minimum Gasteiger partial charge on any atom is -0.291 e. The average molecular weight is 215 g/mol. The maximum atomic E-state index is 9.04. The molecule has 0 N–H and O–H groups in total. The minimum absolute atomic E-state index is 0.0568. The van der Waals surface area contributed by atoms with Crippen LogP contribution in [0.5, 0.6) is 0 Å². The third kappa shape index (κ3) is 1.84. The van der Waals surface area contributed by atoms with Crippen molar-refractivity contribution in [3.63, 3.8) is 0 Å². The predicted molar refractivity (Wildman–Crippen MR) is 57.0 cm³/mol. The third-order valence-electron chi connectivity index (χ3n) is 2.65. The number of hydrazine groups is 1. The number of hydrogen-bond acceptors (Lipinski definition) is 5. The van der Waals surface area contributed by atoms with Gasteiger partial charge in [0.25, 0.3) is 0 Å². The summed E-state index contributed by atoms with van der Waals surface area (Å²) in [6, 6.07) is 5.68. The van der Waals surface area contributed by atoms with Crippen molar-refractivity contribution in [2.45, 2.75) is 19.4 Å². The Hall–Kier alpha value is -2.03. The molecular weight excluding hydrogens is 202 g/mol. The molecule has 0 unspecified atom stereocenters. The lowest BCUT2D eigenvalue weighted by Gasteiger charge is -2.30. The Labute approximate surface area is 95.4 Å². The monoisotopic (exact) mass is 215 g/mol. The molecule has 5 nitrogen and oxygen atoms in total. The van der Waals surface area contributed by atoms with Crippen LogP contribution < -0.4 is 0 Å². The molecule has 5 heteroatoms. The largest absolute Gasteiger partial charge is 0.291 e. The van der Waals surface area contributed by atoms with E-state index in [1.54, 1.807) is 24.1 Å². The molecule has 0 saturated carbocycles. The topological polar surface area (TPSA) is 77.8 Å². The first-order chi connectivity index (χ1) is 7.56. The fourth-order valence-electron chi connectivity index (χ4n) is 2.04. The Balaban J connectivity index is 3.29. The van der Waals surface area contributed by atoms with Crippen LogP contribution >= 0.6 is 0 Å². The summed E-state index contributed by atoms with van der Waals surface area (Å²) in [5.41, 5.74) is 0.750. The molecule has 0 aromatic rings. The summed E-state index contributed by atoms with van der Waals surface area (Å²) < 4.78 is 0. The van der Waals surface area contributed by atoms with Gasteiger partial charge in [0.1, 0.15) is 23.8 Å². The van der Waals surface area contributed by atoms with Gasteiger partial charge in [-0.1, -0.05) is 6.92 Å². The molecule has 0 amide bonds. The highest BCUT2D eigenvalue weighted by Crippen LogP contribution is 2.35. The summed E-state index contributed by atoms with van der Waals surface area (Å²) in [7, 11) is 3.60. The van der Waals surface area contributed by atoms with Crippen molar-refractivity contribution in [1.29, 1.82) is 15.8 Å². The van der Waals surface area contributed by atoms with Crippen molar-refractivity contribution in [1.82, 2.24) is 10.0 Å². The van der Waals surface area contributed by atoms with Crippen molar-refractivity contribution in [2.75, 3.05) is 14.1 Å². The van der Waals surface area contributed by atoms with Crippen LogP contribution in [0, 0.1) is 39.9 Å². The van der Waals surface area contributed by atoms with Gasteiger partial charge in [0.15, 0.2) is 0 Å². The molecule has 0 bridgehead atoms. The normalized spacial score (nSPS) is 23.8. The van der Waals surface area contributed by atoms with E-state index in [9.17, 15) is 0 Å². The Morgan fingerprint density at radius 3 is 2.25 bits per heavy atom. The molecule has 1 aliphatic rings. The summed E-state index contributed by atoms with van der Waals surface area (Å²) in [6.07, 6.45) is 0.650. The molecule has 0 aromatic heterocycles. The quantitative estimate of drug-likeness (QED) is 0.610. The number of nitrogens with zero attached hydrogens (tertiary/aromatic N) is 5. The first-order valence-electron chi connectivity index (χ1n) is 4.97. The zero-order valence-corrected chi connectivity index (χ0v) is 9.60. The third-order valence-corrected chi connectivity index (χ3v) is 2.65. The summed E-state index contributed by atoms with van der Waals surface area (Å²) in [5.74, 6) is 0.0568. The van der Waals surface area contributed by atoms with E-state index in [2.05, 4.69) is 6.07 Å². The second kappa shape index (κ2) is 4.66. The molecule has 0 radical (unpaired) electrons. The lowest BCUT2D eigenvalue weighted by atomic mass is 10.0. The minimum atomic E-state index is -0.295. The molecule has 1 fully saturated rings. The summed E-state index contributed by atoms with van der Waals surface area (Å²) in [4.78, 5) is 0. The first-order valence-corrected chi connectivity index (χ1v) is 4.97. The Morgan fingerprint density at radius 1 is 1.31 bits per heavy atom. The van der Waals surface area contributed by atoms with Crippen LogP contribution in [0.25, 0.3) is 0 Å². The molecule has 2 atom stereocenters. The summed E-state index contributed by atoms with van der Waals surface area (Å²) in [6.45, 7) is 1.93. The molecule has 0 spiro atoms. The van der Waals surface area contributed by atoms with Crippen molar-refractivity contribution in [3.8, 4) is 18.2 Å². The van der Waals surface area contributed by atoms with Crippen LogP contribution in [0.1, 0.15) is 13.3 Å². The van der Waals surface area contributed by atoms with E-state index in [4.69, 9.17) is 15.8 Å². The molecule has 0 aromatic carbocycles. The van der Waals surface area contributed by atoms with Crippen molar-refractivity contribution >= 4 is 0 Å². The van der Waals surface area contributed by atoms with E-state index in [1.165, 1.54) is 0 Å². The van der Waals surface area contributed by atoms with Gasteiger partial charge >= 0.3 is 0 Å². The smallest absolute Gasteiger partial charge is 0.150 e. The highest BCUT2D eigenvalue weighted by molar-refractivity contribution is 5.42. The van der Waals surface area contributed by atoms with E-state index in [0.717, 1.165) is 0 Å². The van der Waals surface area contributed by atoms with Gasteiger partial charge in [-0.3, -0.25) is 5.01 Å². The highest BCUT2D eigenvalue weighted by atomic mass is 15.6. The van der Waals surface area contributed by atoms with Gasteiger partial charge in [0.2, 0.25) is 0 Å². The van der Waals surface area contributed by atoms with E-state index in [1.807, 2.05) is 19.1 Å². The van der Waals surface area contributed by atoms with Crippen LogP contribution in [0.2, 0.25) is 0 Å². The van der Waals surface area contributed by atoms with Gasteiger partial charge in [0, 0.05) is 20.0 Å². The molecular formula is C11H13N5. The molecule has 0 aliphatic carbocycles. The molecule has 1 aliphatic heterocycles. The maximum absolute atomic E-state index is 9.04. The molecule has 1 rings (SSSR count). The van der Waals surface area contributed by atoms with E-state index in [0.29, 0.717) is 12.1 Å². The first kappa shape index (κ1) is 12.0. The Bertz CT molecular complexity index is 413. The Kier molecular flexibility index (Phi) is 3.51. The summed E-state index contributed by atoms with van der Waals surface area (Å²) >= 11 is 0. The number of nitriles is 3. The van der Waals surface area contributed by atoms with Crippen LogP contribution in [-0.2, 0) is 0 Å². The molecule has 82 valence electrons. The second-order valence-corrected chi connectivity index (χ2v) is 3.96. The number of allylic oxidation sites excluding steroid dienone is 2. The highest BCUT2D eigenvalue weighted by Gasteiger charge is 2.37. The maximum Gasteiger partial charge on any atom is 0.150 e. The van der Waals surface area contributed by atoms with Crippen LogP contribution in [0.4, 0.5) is 0 Å². The second-order valence-electron chi connectivity index (χ2n) is 3.96. The van der Waals surface area contributed by atoms with Crippen molar-refractivity contribution < 1.29 is 0 Å². The molecule has 16 heavy (non-hydrogen) atoms. The van der Waals surface area contributed by atoms with Crippen molar-refractivity contribution in [3.05, 3.63) is 11.3 Å². The van der Waals surface area contributed by atoms with E-state index in [-0.39, 0.29) is 17.5 Å². The predicted octanol–water partition coefficient (Wildman–Crippen LogP) is 0.998. The van der Waals surface area contributed by atoms with Crippen LogP contribution in [0.3, 0.4) is 0 Å². The van der Waals surface area contributed by atoms with Crippen LogP contribution in [0.15, 0.2) is 11.3 Å². The van der Waals surface area contributed by atoms with Crippen molar-refractivity contribution in [2.24, 2.45) is 5.92 Å². The fraction of sp³-hybridized carbons (Fsp3) is 0.545. The standard InChI is InChI=1S/C11H13N5/c1-8-4-10(7-14)16(15(2)3)11(8)9(5-12)6-13/h8,10H,4H2,1-3H3/t8-,10-/m0/s1. The van der Waals surface area contributed by atoms with Gasteiger partial charge in [0.05, 0.1) is 11.8 Å². The SMILES string of the molecule is C[C@H]1C[C@@H](C#N)N(N(C)C)C1=C(C#N)C#N. The van der Waals surface area contributed by atoms with Gasteiger partial charge in [-0.15, -0.1) is 0 Å². The fourth-order valence-corrected chi connectivity index (χ4v) is 2.04. The number of hydrogen-bond donors (Lipinski definition) is 0. The van der Waals surface area contributed by atoms with Gasteiger partial charge < -0.3 is 0 Å². The molecule has 1 saturated heterocycles. The lowest BCUT2D eigenvalue weighted by Crippen LogP contribution is -2.39. The zero-order valence-electron chi connectivity index (χ0n) is 9.60. The Morgan fingerprint density at radius 2 is 1.88 bits per heavy atom. The van der Waals surface area contributed by atoms with Gasteiger partial charge in [-0.05, 0) is 6.42 Å². The number of rotatable bonds is 1. The van der Waals surface area contributed by atoms with E-state index >= 15 is 0 Å².